The summed E-state index contributed by atoms with van der Waals surface area (Å²) in [6.45, 7) is 6.20. The summed E-state index contributed by atoms with van der Waals surface area (Å²) in [5.41, 5.74) is 9.19. The van der Waals surface area contributed by atoms with Crippen LogP contribution >= 0.6 is 0 Å². The number of amides is 2. The van der Waals surface area contributed by atoms with Crippen LogP contribution in [0.5, 0.6) is 0 Å². The van der Waals surface area contributed by atoms with E-state index in [4.69, 9.17) is 15.2 Å². The van der Waals surface area contributed by atoms with E-state index in [1.807, 2.05) is 24.0 Å². The Morgan fingerprint density at radius 2 is 1.79 bits per heavy atom. The Morgan fingerprint density at radius 1 is 1.05 bits per heavy atom. The van der Waals surface area contributed by atoms with Crippen molar-refractivity contribution in [3.63, 3.8) is 0 Å². The average Bonchev–Trinajstić information content (AvgIpc) is 3.47. The molecule has 1 aliphatic heterocycles. The zero-order chi connectivity index (χ0) is 28.0. The monoisotopic (exact) mass is 532 g/mol. The molecule has 39 heavy (non-hydrogen) atoms. The molecule has 0 unspecified atom stereocenters. The van der Waals surface area contributed by atoms with Gasteiger partial charge in [-0.1, -0.05) is 25.2 Å². The number of esters is 1. The fraction of sp³-hybridized carbons (Fsp3) is 0.400. The van der Waals surface area contributed by atoms with Gasteiger partial charge in [0.25, 0.3) is 5.91 Å². The topological polar surface area (TPSA) is 123 Å². The number of amidine groups is 1. The van der Waals surface area contributed by atoms with Crippen LogP contribution in [0.2, 0.25) is 0 Å². The SMILES string of the molecule is CCCCOC(=O)N=C(N)c1ccc(NCC#Cc2ccc(C(=O)N3CCCC3)c(CC(=O)OCC)c2)cc1. The van der Waals surface area contributed by atoms with Gasteiger partial charge in [-0.3, -0.25) is 9.59 Å². The molecule has 9 nitrogen and oxygen atoms in total. The van der Waals surface area contributed by atoms with Gasteiger partial charge in [-0.25, -0.2) is 4.79 Å². The number of ether oxygens (including phenoxy) is 2. The lowest BCUT2D eigenvalue weighted by molar-refractivity contribution is -0.142. The molecule has 0 spiro atoms. The molecule has 1 saturated heterocycles. The summed E-state index contributed by atoms with van der Waals surface area (Å²) in [5.74, 6) is 5.81. The predicted molar refractivity (Wildman–Crippen MR) is 151 cm³/mol. The summed E-state index contributed by atoms with van der Waals surface area (Å²) in [6, 6.07) is 12.5. The van der Waals surface area contributed by atoms with Crippen molar-refractivity contribution in [2.24, 2.45) is 10.7 Å². The third kappa shape index (κ3) is 9.18. The van der Waals surface area contributed by atoms with Crippen molar-refractivity contribution >= 4 is 29.5 Å². The highest BCUT2D eigenvalue weighted by molar-refractivity contribution is 6.03. The number of carbonyl (C=O) groups is 3. The van der Waals surface area contributed by atoms with Crippen LogP contribution in [0.4, 0.5) is 10.5 Å². The van der Waals surface area contributed by atoms with Crippen LogP contribution in [-0.2, 0) is 20.7 Å². The molecule has 3 rings (SSSR count). The minimum Gasteiger partial charge on any atom is -0.466 e. The third-order valence-electron chi connectivity index (χ3n) is 6.10. The summed E-state index contributed by atoms with van der Waals surface area (Å²) >= 11 is 0. The molecular weight excluding hydrogens is 496 g/mol. The first-order valence-electron chi connectivity index (χ1n) is 13.3. The van der Waals surface area contributed by atoms with Crippen molar-refractivity contribution in [1.82, 2.24) is 4.90 Å². The number of hydrogen-bond donors (Lipinski definition) is 2. The van der Waals surface area contributed by atoms with Gasteiger partial charge in [-0.2, -0.15) is 4.99 Å². The molecule has 2 aromatic carbocycles. The van der Waals surface area contributed by atoms with E-state index in [0.717, 1.165) is 44.5 Å². The molecule has 1 aliphatic rings. The summed E-state index contributed by atoms with van der Waals surface area (Å²) < 4.78 is 10.1. The molecule has 1 heterocycles. The standard InChI is InChI=1S/C30H36N4O5/c1-3-5-19-39-30(37)33-28(31)23-11-13-25(14-12-23)32-16-8-9-22-10-15-26(29(36)34-17-6-7-18-34)24(20-22)21-27(35)38-4-2/h10-15,20,32H,3-7,16-19,21H2,1-2H3,(H2,31,33,37). The molecule has 2 amide bonds. The van der Waals surface area contributed by atoms with Crippen LogP contribution in [0.25, 0.3) is 0 Å². The number of benzene rings is 2. The van der Waals surface area contributed by atoms with Crippen molar-refractivity contribution in [2.45, 2.75) is 46.0 Å². The lowest BCUT2D eigenvalue weighted by Gasteiger charge is -2.17. The van der Waals surface area contributed by atoms with Gasteiger partial charge in [-0.05, 0) is 74.2 Å². The first kappa shape index (κ1) is 29.2. The maximum atomic E-state index is 13.0. The van der Waals surface area contributed by atoms with E-state index in [2.05, 4.69) is 22.2 Å². The third-order valence-corrected chi connectivity index (χ3v) is 6.10. The second-order valence-electron chi connectivity index (χ2n) is 9.05. The van der Waals surface area contributed by atoms with E-state index in [1.54, 1.807) is 37.3 Å². The molecule has 0 aliphatic carbocycles. The number of hydrogen-bond acceptors (Lipinski definition) is 6. The summed E-state index contributed by atoms with van der Waals surface area (Å²) in [6.07, 6.45) is 3.01. The quantitative estimate of drug-likeness (QED) is 0.155. The Hall–Kier alpha value is -4.32. The lowest BCUT2D eigenvalue weighted by atomic mass is 10.00. The van der Waals surface area contributed by atoms with E-state index in [-0.39, 0.29) is 30.7 Å². The van der Waals surface area contributed by atoms with Gasteiger partial charge in [0.15, 0.2) is 0 Å². The maximum Gasteiger partial charge on any atom is 0.435 e. The number of rotatable bonds is 10. The molecule has 3 N–H and O–H groups in total. The predicted octanol–water partition coefficient (Wildman–Crippen LogP) is 4.13. The zero-order valence-electron chi connectivity index (χ0n) is 22.6. The second kappa shape index (κ2) is 15.2. The lowest BCUT2D eigenvalue weighted by Crippen LogP contribution is -2.29. The summed E-state index contributed by atoms with van der Waals surface area (Å²) in [4.78, 5) is 42.5. The largest absolute Gasteiger partial charge is 0.466 e. The van der Waals surface area contributed by atoms with E-state index in [1.165, 1.54) is 0 Å². The van der Waals surface area contributed by atoms with Crippen molar-refractivity contribution in [2.75, 3.05) is 38.2 Å². The molecule has 0 bridgehead atoms. The number of aliphatic imine (C=N–C) groups is 1. The second-order valence-corrected chi connectivity index (χ2v) is 9.05. The molecule has 2 aromatic rings. The number of anilines is 1. The van der Waals surface area contributed by atoms with Gasteiger partial charge < -0.3 is 25.4 Å². The van der Waals surface area contributed by atoms with Crippen LogP contribution in [-0.4, -0.2) is 61.6 Å². The van der Waals surface area contributed by atoms with Crippen molar-refractivity contribution in [3.05, 3.63) is 64.7 Å². The molecule has 9 heteroatoms. The molecule has 1 fully saturated rings. The Balaban J connectivity index is 1.62. The molecule has 206 valence electrons. The van der Waals surface area contributed by atoms with Crippen LogP contribution in [0, 0.1) is 11.8 Å². The Bertz CT molecular complexity index is 1240. The van der Waals surface area contributed by atoms with E-state index >= 15 is 0 Å². The van der Waals surface area contributed by atoms with Gasteiger partial charge in [-0.15, -0.1) is 0 Å². The molecular formula is C30H36N4O5. The highest BCUT2D eigenvalue weighted by Crippen LogP contribution is 2.19. The zero-order valence-corrected chi connectivity index (χ0v) is 22.6. The molecule has 0 saturated carbocycles. The Kier molecular flexibility index (Phi) is 11.4. The first-order chi connectivity index (χ1) is 18.9. The van der Waals surface area contributed by atoms with Gasteiger partial charge in [0, 0.05) is 35.5 Å². The average molecular weight is 533 g/mol. The van der Waals surface area contributed by atoms with Crippen LogP contribution in [0.15, 0.2) is 47.5 Å². The Labute approximate surface area is 229 Å². The normalized spacial score (nSPS) is 12.9. The Morgan fingerprint density at radius 3 is 2.49 bits per heavy atom. The maximum absolute atomic E-state index is 13.0. The van der Waals surface area contributed by atoms with Crippen LogP contribution in [0.1, 0.15) is 66.6 Å². The smallest absolute Gasteiger partial charge is 0.435 e. The number of nitrogens with one attached hydrogen (secondary N) is 1. The summed E-state index contributed by atoms with van der Waals surface area (Å²) in [7, 11) is 0. The number of likely N-dealkylation sites (tertiary alicyclic amines) is 1. The van der Waals surface area contributed by atoms with Crippen LogP contribution in [0.3, 0.4) is 0 Å². The van der Waals surface area contributed by atoms with Gasteiger partial charge >= 0.3 is 12.1 Å². The minimum absolute atomic E-state index is 0.0196. The highest BCUT2D eigenvalue weighted by atomic mass is 16.5. The van der Waals surface area contributed by atoms with Gasteiger partial charge in [0.05, 0.1) is 26.2 Å². The number of nitrogens with two attached hydrogens (primary N) is 1. The van der Waals surface area contributed by atoms with Crippen molar-refractivity contribution < 1.29 is 23.9 Å². The van der Waals surface area contributed by atoms with Crippen LogP contribution < -0.4 is 11.1 Å². The van der Waals surface area contributed by atoms with Gasteiger partial charge in [0.2, 0.25) is 0 Å². The van der Waals surface area contributed by atoms with Crippen molar-refractivity contribution in [1.29, 1.82) is 0 Å². The summed E-state index contributed by atoms with van der Waals surface area (Å²) in [5, 5.41) is 3.21. The fourth-order valence-electron chi connectivity index (χ4n) is 4.03. The van der Waals surface area contributed by atoms with Crippen molar-refractivity contribution in [3.8, 4) is 11.8 Å². The van der Waals surface area contributed by atoms with E-state index in [9.17, 15) is 14.4 Å². The van der Waals surface area contributed by atoms with E-state index in [0.29, 0.717) is 35.4 Å². The molecule has 0 radical (unpaired) electrons. The number of carbonyl (C=O) groups excluding carboxylic acids is 3. The molecule has 0 aromatic heterocycles. The fourth-order valence-corrected chi connectivity index (χ4v) is 4.03. The van der Waals surface area contributed by atoms with E-state index < -0.39 is 6.09 Å². The minimum atomic E-state index is -0.697. The van der Waals surface area contributed by atoms with Gasteiger partial charge in [0.1, 0.15) is 5.84 Å². The number of unbranched alkanes of at least 4 members (excludes halogenated alkanes) is 1. The number of nitrogens with zero attached hydrogens (tertiary/aromatic N) is 2. The highest BCUT2D eigenvalue weighted by Gasteiger charge is 2.23. The molecule has 0 atom stereocenters. The first-order valence-corrected chi connectivity index (χ1v) is 13.3.